The molecule has 3 aromatic rings. The molecule has 0 spiro atoms. The van der Waals surface area contributed by atoms with Gasteiger partial charge in [-0.05, 0) is 43.7 Å². The Balaban J connectivity index is 1.84. The van der Waals surface area contributed by atoms with Crippen molar-refractivity contribution in [3.63, 3.8) is 0 Å². The molecule has 118 valence electrons. The number of carbonyl (C=O) groups is 1. The fourth-order valence-electron chi connectivity index (χ4n) is 2.75. The molecule has 0 fully saturated rings. The number of hydrogen-bond donors (Lipinski definition) is 3. The first-order valence-corrected chi connectivity index (χ1v) is 7.69. The highest BCUT2D eigenvalue weighted by molar-refractivity contribution is 5.97. The molecule has 1 amide bonds. The normalized spacial score (nSPS) is 12.3. The number of rotatable bonds is 5. The molecule has 23 heavy (non-hydrogen) atoms. The zero-order valence-corrected chi connectivity index (χ0v) is 13.0. The van der Waals surface area contributed by atoms with Crippen molar-refractivity contribution in [1.82, 2.24) is 10.2 Å². The minimum atomic E-state index is -0.248. The largest absolute Gasteiger partial charge is 0.330 e. The Bertz CT molecular complexity index is 810. The van der Waals surface area contributed by atoms with Gasteiger partial charge in [-0.25, -0.2) is 0 Å². The number of anilines is 1. The Hall–Kier alpha value is -2.66. The molecule has 1 aromatic heterocycles. The van der Waals surface area contributed by atoms with Gasteiger partial charge in [-0.3, -0.25) is 9.89 Å². The average Bonchev–Trinajstić information content (AvgIpc) is 2.94. The van der Waals surface area contributed by atoms with Crippen LogP contribution in [-0.2, 0) is 4.79 Å². The van der Waals surface area contributed by atoms with Crippen molar-refractivity contribution in [2.75, 3.05) is 11.9 Å². The van der Waals surface area contributed by atoms with Gasteiger partial charge in [0, 0.05) is 16.8 Å². The van der Waals surface area contributed by atoms with Gasteiger partial charge < -0.3 is 11.1 Å². The first-order valence-electron chi connectivity index (χ1n) is 7.69. The molecule has 5 heteroatoms. The van der Waals surface area contributed by atoms with Gasteiger partial charge in [0.25, 0.3) is 0 Å². The van der Waals surface area contributed by atoms with Gasteiger partial charge in [0.1, 0.15) is 0 Å². The predicted molar refractivity (Wildman–Crippen MR) is 92.3 cm³/mol. The highest BCUT2D eigenvalue weighted by Crippen LogP contribution is 2.24. The van der Waals surface area contributed by atoms with Crippen molar-refractivity contribution in [3.8, 4) is 0 Å². The smallest absolute Gasteiger partial charge is 0.231 e. The van der Waals surface area contributed by atoms with Crippen LogP contribution in [0.5, 0.6) is 0 Å². The summed E-state index contributed by atoms with van der Waals surface area (Å²) in [5, 5.41) is 11.2. The number of carbonyl (C=O) groups excluding carboxylic acids is 1. The van der Waals surface area contributed by atoms with Crippen LogP contribution < -0.4 is 11.1 Å². The second kappa shape index (κ2) is 6.62. The van der Waals surface area contributed by atoms with Crippen LogP contribution in [-0.4, -0.2) is 22.6 Å². The molecule has 1 heterocycles. The molecule has 1 unspecified atom stereocenters. The third kappa shape index (κ3) is 3.24. The van der Waals surface area contributed by atoms with Crippen molar-refractivity contribution >= 4 is 22.5 Å². The van der Waals surface area contributed by atoms with Crippen LogP contribution in [0.3, 0.4) is 0 Å². The second-order valence-corrected chi connectivity index (χ2v) is 5.61. The van der Waals surface area contributed by atoms with Crippen LogP contribution in [0.15, 0.2) is 48.5 Å². The van der Waals surface area contributed by atoms with E-state index in [2.05, 4.69) is 15.5 Å². The van der Waals surface area contributed by atoms with Crippen LogP contribution in [0.4, 0.5) is 5.69 Å². The lowest BCUT2D eigenvalue weighted by molar-refractivity contribution is -0.117. The Morgan fingerprint density at radius 3 is 2.78 bits per heavy atom. The van der Waals surface area contributed by atoms with E-state index >= 15 is 0 Å². The van der Waals surface area contributed by atoms with Gasteiger partial charge in [0.05, 0.1) is 11.4 Å². The van der Waals surface area contributed by atoms with Gasteiger partial charge in [0.15, 0.2) is 0 Å². The number of fused-ring (bicyclic) bond motifs is 1. The summed E-state index contributed by atoms with van der Waals surface area (Å²) in [6.07, 6.45) is 0.614. The Labute approximate surface area is 134 Å². The maximum atomic E-state index is 12.7. The molecular weight excluding hydrogens is 288 g/mol. The molecule has 5 nitrogen and oxygen atoms in total. The molecule has 1 atom stereocenters. The number of benzene rings is 2. The van der Waals surface area contributed by atoms with Gasteiger partial charge in [-0.15, -0.1) is 0 Å². The van der Waals surface area contributed by atoms with Crippen LogP contribution in [0.2, 0.25) is 0 Å². The minimum Gasteiger partial charge on any atom is -0.330 e. The van der Waals surface area contributed by atoms with E-state index in [0.717, 1.165) is 27.8 Å². The summed E-state index contributed by atoms with van der Waals surface area (Å²) in [4.78, 5) is 12.7. The fraction of sp³-hybridized carbons (Fsp3) is 0.222. The minimum absolute atomic E-state index is 0.0397. The summed E-state index contributed by atoms with van der Waals surface area (Å²) >= 11 is 0. The maximum absolute atomic E-state index is 12.7. The summed E-state index contributed by atoms with van der Waals surface area (Å²) in [6, 6.07) is 15.4. The maximum Gasteiger partial charge on any atom is 0.231 e. The van der Waals surface area contributed by atoms with Crippen molar-refractivity contribution in [1.29, 1.82) is 0 Å². The molecule has 2 aromatic carbocycles. The summed E-state index contributed by atoms with van der Waals surface area (Å²) in [5.41, 5.74) is 9.31. The number of hydrogen-bond acceptors (Lipinski definition) is 3. The van der Waals surface area contributed by atoms with Gasteiger partial charge in [-0.1, -0.05) is 30.3 Å². The van der Waals surface area contributed by atoms with E-state index in [4.69, 9.17) is 5.73 Å². The third-order valence-electron chi connectivity index (χ3n) is 3.99. The highest BCUT2D eigenvalue weighted by Gasteiger charge is 2.20. The van der Waals surface area contributed by atoms with E-state index in [-0.39, 0.29) is 11.8 Å². The van der Waals surface area contributed by atoms with Crippen LogP contribution in [0.25, 0.3) is 10.9 Å². The van der Waals surface area contributed by atoms with Crippen molar-refractivity contribution < 1.29 is 4.79 Å². The number of H-pyrrole nitrogens is 1. The topological polar surface area (TPSA) is 83.8 Å². The van der Waals surface area contributed by atoms with Gasteiger partial charge >= 0.3 is 0 Å². The van der Waals surface area contributed by atoms with Crippen LogP contribution in [0, 0.1) is 6.92 Å². The Morgan fingerprint density at radius 2 is 2.04 bits per heavy atom. The van der Waals surface area contributed by atoms with Gasteiger partial charge in [-0.2, -0.15) is 5.10 Å². The zero-order chi connectivity index (χ0) is 16.2. The van der Waals surface area contributed by atoms with Crippen LogP contribution in [0.1, 0.15) is 23.6 Å². The second-order valence-electron chi connectivity index (χ2n) is 5.61. The molecule has 0 bridgehead atoms. The summed E-state index contributed by atoms with van der Waals surface area (Å²) < 4.78 is 0. The first kappa shape index (κ1) is 15.2. The summed E-state index contributed by atoms with van der Waals surface area (Å²) in [6.45, 7) is 2.43. The molecule has 0 saturated carbocycles. The molecule has 0 radical (unpaired) electrons. The zero-order valence-electron chi connectivity index (χ0n) is 13.0. The van der Waals surface area contributed by atoms with Crippen LogP contribution >= 0.6 is 0 Å². The fourth-order valence-corrected chi connectivity index (χ4v) is 2.75. The van der Waals surface area contributed by atoms with Crippen molar-refractivity contribution in [3.05, 3.63) is 59.8 Å². The quantitative estimate of drug-likeness (QED) is 0.677. The van der Waals surface area contributed by atoms with E-state index in [0.29, 0.717) is 13.0 Å². The number of aromatic amines is 1. The number of amides is 1. The SMILES string of the molecule is Cc1[nH]nc2ccc(NC(=O)C(CCN)c3ccccc3)cc12. The lowest BCUT2D eigenvalue weighted by atomic mass is 9.94. The molecule has 0 saturated heterocycles. The molecule has 0 aliphatic heterocycles. The number of aromatic nitrogens is 2. The lowest BCUT2D eigenvalue weighted by Crippen LogP contribution is -2.23. The summed E-state index contributed by atoms with van der Waals surface area (Å²) in [5.74, 6) is -0.288. The van der Waals surface area contributed by atoms with E-state index < -0.39 is 0 Å². The van der Waals surface area contributed by atoms with E-state index in [1.807, 2.05) is 55.5 Å². The molecular formula is C18H20N4O. The summed E-state index contributed by atoms with van der Waals surface area (Å²) in [7, 11) is 0. The number of nitrogens with two attached hydrogens (primary N) is 1. The number of nitrogens with one attached hydrogen (secondary N) is 2. The number of aryl methyl sites for hydroxylation is 1. The highest BCUT2D eigenvalue weighted by atomic mass is 16.1. The molecule has 3 rings (SSSR count). The molecule has 0 aliphatic rings. The van der Waals surface area contributed by atoms with Crippen molar-refractivity contribution in [2.24, 2.45) is 5.73 Å². The van der Waals surface area contributed by atoms with E-state index in [1.54, 1.807) is 0 Å². The predicted octanol–water partition coefficient (Wildman–Crippen LogP) is 2.94. The van der Waals surface area contributed by atoms with E-state index in [1.165, 1.54) is 0 Å². The van der Waals surface area contributed by atoms with E-state index in [9.17, 15) is 4.79 Å². The number of nitrogens with zero attached hydrogens (tertiary/aromatic N) is 1. The average molecular weight is 308 g/mol. The first-order chi connectivity index (χ1) is 11.2. The standard InChI is InChI=1S/C18H20N4O/c1-12-16-11-14(7-8-17(16)22-21-12)20-18(23)15(9-10-19)13-5-3-2-4-6-13/h2-8,11,15H,9-10,19H2,1H3,(H,20,23)(H,21,22). The molecule has 0 aliphatic carbocycles. The Morgan fingerprint density at radius 1 is 1.26 bits per heavy atom. The van der Waals surface area contributed by atoms with Crippen molar-refractivity contribution in [2.45, 2.75) is 19.3 Å². The molecule has 4 N–H and O–H groups in total. The lowest BCUT2D eigenvalue weighted by Gasteiger charge is -2.16. The Kier molecular flexibility index (Phi) is 4.39. The third-order valence-corrected chi connectivity index (χ3v) is 3.99. The van der Waals surface area contributed by atoms with Gasteiger partial charge in [0.2, 0.25) is 5.91 Å². The monoisotopic (exact) mass is 308 g/mol.